The molecule has 0 atom stereocenters. The summed E-state index contributed by atoms with van der Waals surface area (Å²) in [5.41, 5.74) is 6.54. The predicted octanol–water partition coefficient (Wildman–Crippen LogP) is 5.05. The molecule has 6 heteroatoms. The predicted molar refractivity (Wildman–Crippen MR) is 118 cm³/mol. The lowest BCUT2D eigenvalue weighted by atomic mass is 9.92. The Kier molecular flexibility index (Phi) is 15.8. The van der Waals surface area contributed by atoms with Crippen LogP contribution in [0, 0.1) is 18.8 Å². The van der Waals surface area contributed by atoms with Crippen LogP contribution in [0.2, 0.25) is 0 Å². The van der Waals surface area contributed by atoms with Crippen molar-refractivity contribution in [3.05, 3.63) is 63.1 Å². The van der Waals surface area contributed by atoms with Crippen molar-refractivity contribution < 1.29 is 19.4 Å². The highest BCUT2D eigenvalue weighted by molar-refractivity contribution is 5.51. The molecule has 0 aliphatic rings. The summed E-state index contributed by atoms with van der Waals surface area (Å²) >= 11 is 0. The number of nitroso groups, excluding NO2 is 1. The van der Waals surface area contributed by atoms with E-state index < -0.39 is 0 Å². The molecule has 0 fully saturated rings. The van der Waals surface area contributed by atoms with E-state index >= 15 is 0 Å². The summed E-state index contributed by atoms with van der Waals surface area (Å²) in [6, 6.07) is 10.1. The van der Waals surface area contributed by atoms with Gasteiger partial charge in [0.2, 0.25) is 0 Å². The standard InChI is InChI=1S/C20H25NO2.CH4O.2CH2O/c1-6-23-17-9-14(4)19(15(5)10-17)12-16-7-8-20(21-22)18(11-16)13(2)3;3*1-2/h7-11,13H,6,12H2,1-5H3;2H,1H3;2*1H2. The Bertz CT molecular complexity index is 719. The smallest absolute Gasteiger partial charge is 0.119 e. The van der Waals surface area contributed by atoms with Gasteiger partial charge in [0.15, 0.2) is 0 Å². The number of aliphatic hydroxyl groups is 1. The lowest BCUT2D eigenvalue weighted by Crippen LogP contribution is -2.00. The Morgan fingerprint density at radius 2 is 1.52 bits per heavy atom. The first kappa shape index (κ1) is 28.4. The van der Waals surface area contributed by atoms with E-state index in [0.717, 1.165) is 24.8 Å². The normalized spacial score (nSPS) is 9.10. The van der Waals surface area contributed by atoms with Gasteiger partial charge >= 0.3 is 0 Å². The van der Waals surface area contributed by atoms with Crippen molar-refractivity contribution in [1.82, 2.24) is 0 Å². The van der Waals surface area contributed by atoms with Gasteiger partial charge in [-0.15, -0.1) is 4.91 Å². The maximum Gasteiger partial charge on any atom is 0.119 e. The molecule has 0 aliphatic heterocycles. The van der Waals surface area contributed by atoms with E-state index in [1.807, 2.05) is 32.6 Å². The third kappa shape index (κ3) is 8.79. The summed E-state index contributed by atoms with van der Waals surface area (Å²) in [5, 5.41) is 10.1. The lowest BCUT2D eigenvalue weighted by Gasteiger charge is -2.15. The third-order valence-corrected chi connectivity index (χ3v) is 4.17. The van der Waals surface area contributed by atoms with E-state index in [4.69, 9.17) is 19.4 Å². The molecule has 1 N–H and O–H groups in total. The van der Waals surface area contributed by atoms with Crippen LogP contribution in [0.3, 0.4) is 0 Å². The van der Waals surface area contributed by atoms with Crippen LogP contribution < -0.4 is 4.74 Å². The minimum absolute atomic E-state index is 0.283. The number of hydrogen-bond donors (Lipinski definition) is 1. The summed E-state index contributed by atoms with van der Waals surface area (Å²) in [5.74, 6) is 1.21. The number of carbonyl (C=O) groups excluding carboxylic acids is 2. The second kappa shape index (κ2) is 16.1. The lowest BCUT2D eigenvalue weighted by molar-refractivity contribution is -0.0987. The van der Waals surface area contributed by atoms with Crippen molar-refractivity contribution in [2.45, 2.75) is 47.0 Å². The van der Waals surface area contributed by atoms with Crippen LogP contribution in [0.5, 0.6) is 5.75 Å². The van der Waals surface area contributed by atoms with Gasteiger partial charge in [-0.3, -0.25) is 0 Å². The summed E-state index contributed by atoms with van der Waals surface area (Å²) in [4.78, 5) is 26.9. The highest BCUT2D eigenvalue weighted by atomic mass is 16.5. The fourth-order valence-electron chi connectivity index (χ4n) is 2.95. The number of ether oxygens (including phenoxy) is 1. The molecular weight excluding hydrogens is 370 g/mol. The average molecular weight is 404 g/mol. The molecule has 0 amide bonds. The number of aryl methyl sites for hydroxylation is 2. The minimum atomic E-state index is 0.283. The molecule has 0 unspecified atom stereocenters. The van der Waals surface area contributed by atoms with Gasteiger partial charge in [-0.2, -0.15) is 0 Å². The van der Waals surface area contributed by atoms with E-state index in [-0.39, 0.29) is 5.92 Å². The van der Waals surface area contributed by atoms with Gasteiger partial charge in [0.1, 0.15) is 25.0 Å². The average Bonchev–Trinajstić information content (AvgIpc) is 2.75. The van der Waals surface area contributed by atoms with Gasteiger partial charge in [0.05, 0.1) is 6.61 Å². The highest BCUT2D eigenvalue weighted by Crippen LogP contribution is 2.30. The zero-order valence-corrected chi connectivity index (χ0v) is 18.3. The van der Waals surface area contributed by atoms with Crippen molar-refractivity contribution in [3.63, 3.8) is 0 Å². The van der Waals surface area contributed by atoms with Crippen molar-refractivity contribution in [2.75, 3.05) is 13.7 Å². The number of nitrogens with zero attached hydrogens (tertiary/aromatic N) is 1. The number of hydrogen-bond acceptors (Lipinski definition) is 6. The maximum absolute atomic E-state index is 10.9. The molecule has 0 radical (unpaired) electrons. The van der Waals surface area contributed by atoms with Crippen molar-refractivity contribution in [1.29, 1.82) is 0 Å². The van der Waals surface area contributed by atoms with Gasteiger partial charge < -0.3 is 19.4 Å². The molecule has 2 aromatic carbocycles. The fraction of sp³-hybridized carbons (Fsp3) is 0.391. The molecule has 0 saturated carbocycles. The molecule has 0 saturated heterocycles. The number of benzene rings is 2. The molecule has 2 aromatic rings. The Labute approximate surface area is 173 Å². The van der Waals surface area contributed by atoms with Crippen LogP contribution in [0.1, 0.15) is 54.5 Å². The minimum Gasteiger partial charge on any atom is -0.494 e. The molecule has 29 heavy (non-hydrogen) atoms. The van der Waals surface area contributed by atoms with Crippen LogP contribution in [-0.4, -0.2) is 32.4 Å². The topological polar surface area (TPSA) is 93.0 Å². The monoisotopic (exact) mass is 403 g/mol. The van der Waals surface area contributed by atoms with Crippen molar-refractivity contribution in [2.24, 2.45) is 5.18 Å². The van der Waals surface area contributed by atoms with Crippen LogP contribution >= 0.6 is 0 Å². The Morgan fingerprint density at radius 3 is 1.93 bits per heavy atom. The number of carbonyl (C=O) groups is 2. The number of rotatable bonds is 6. The highest BCUT2D eigenvalue weighted by Gasteiger charge is 2.11. The maximum atomic E-state index is 10.9. The molecule has 6 nitrogen and oxygen atoms in total. The largest absolute Gasteiger partial charge is 0.494 e. The molecule has 160 valence electrons. The van der Waals surface area contributed by atoms with Crippen molar-refractivity contribution >= 4 is 19.3 Å². The molecular formula is C23H33NO5. The van der Waals surface area contributed by atoms with Gasteiger partial charge in [-0.05, 0) is 84.3 Å². The van der Waals surface area contributed by atoms with Crippen molar-refractivity contribution in [3.8, 4) is 5.75 Å². The SMILES string of the molecule is C=O.C=O.CCOc1cc(C)c(Cc2ccc(N=O)c(C(C)C)c2)c(C)c1.CO. The van der Waals surface area contributed by atoms with E-state index in [9.17, 15) is 4.91 Å². The van der Waals surface area contributed by atoms with E-state index in [1.165, 1.54) is 22.3 Å². The van der Waals surface area contributed by atoms with Crippen LogP contribution in [-0.2, 0) is 16.0 Å². The van der Waals surface area contributed by atoms with Crippen LogP contribution in [0.15, 0.2) is 35.5 Å². The van der Waals surface area contributed by atoms with E-state index in [0.29, 0.717) is 12.3 Å². The summed E-state index contributed by atoms with van der Waals surface area (Å²) in [6.07, 6.45) is 0.850. The zero-order valence-electron chi connectivity index (χ0n) is 18.3. The quantitative estimate of drug-likeness (QED) is 0.681. The van der Waals surface area contributed by atoms with Gasteiger partial charge in [0.25, 0.3) is 0 Å². The van der Waals surface area contributed by atoms with Crippen LogP contribution in [0.4, 0.5) is 5.69 Å². The fourth-order valence-corrected chi connectivity index (χ4v) is 2.95. The Balaban J connectivity index is 0. The van der Waals surface area contributed by atoms with Gasteiger partial charge in [-0.1, -0.05) is 26.0 Å². The molecule has 0 bridgehead atoms. The Hall–Kier alpha value is -2.86. The Morgan fingerprint density at radius 1 is 1.00 bits per heavy atom. The molecule has 2 rings (SSSR count). The summed E-state index contributed by atoms with van der Waals surface area (Å²) in [7, 11) is 1.00. The molecule has 0 spiro atoms. The number of aliphatic hydroxyl groups excluding tert-OH is 1. The van der Waals surface area contributed by atoms with Gasteiger partial charge in [0, 0.05) is 7.11 Å². The first-order chi connectivity index (χ1) is 14.0. The van der Waals surface area contributed by atoms with E-state index in [2.05, 4.69) is 51.1 Å². The van der Waals surface area contributed by atoms with E-state index in [1.54, 1.807) is 0 Å². The first-order valence-electron chi connectivity index (χ1n) is 9.17. The molecule has 0 heterocycles. The van der Waals surface area contributed by atoms with Crippen LogP contribution in [0.25, 0.3) is 0 Å². The van der Waals surface area contributed by atoms with Gasteiger partial charge in [-0.25, -0.2) is 0 Å². The second-order valence-electron chi connectivity index (χ2n) is 6.28. The summed E-state index contributed by atoms with van der Waals surface area (Å²) < 4.78 is 5.61. The molecule has 0 aromatic heterocycles. The zero-order chi connectivity index (χ0) is 23.0. The second-order valence-corrected chi connectivity index (χ2v) is 6.28. The third-order valence-electron chi connectivity index (χ3n) is 4.17. The summed E-state index contributed by atoms with van der Waals surface area (Å²) in [6.45, 7) is 15.1. The molecule has 0 aliphatic carbocycles. The first-order valence-corrected chi connectivity index (χ1v) is 9.17.